The van der Waals surface area contributed by atoms with Crippen LogP contribution in [0.1, 0.15) is 75.9 Å². The summed E-state index contributed by atoms with van der Waals surface area (Å²) < 4.78 is 18.2. The van der Waals surface area contributed by atoms with Gasteiger partial charge in [0.15, 0.2) is 6.10 Å². The number of carbonyl (C=O) groups is 1. The number of benzene rings is 5. The number of hydrogen-bond acceptors (Lipinski definition) is 4. The summed E-state index contributed by atoms with van der Waals surface area (Å²) >= 11 is 0. The lowest BCUT2D eigenvalue weighted by Crippen LogP contribution is -2.26. The maximum atomic E-state index is 11.5. The molecule has 0 radical (unpaired) electrons. The van der Waals surface area contributed by atoms with Crippen molar-refractivity contribution >= 4 is 18.1 Å². The lowest BCUT2D eigenvalue weighted by Gasteiger charge is -2.23. The second-order valence-electron chi connectivity index (χ2n) is 12.2. The van der Waals surface area contributed by atoms with Crippen LogP contribution < -0.4 is 4.74 Å². The third-order valence-corrected chi connectivity index (χ3v) is 8.94. The standard InChI is InChI=1S/C43H42O5/c1-3-46-41(43(44)45)28-32-14-21-38(22-15-32)47-24-25-48-42-39-23-16-33(26-31-10-6-4-7-11-31)27-37(39)20-18-35-17-19-36(29-40(35)42)30(2)34-12-8-5-9-13-34/h4-23,27,29-30,41-42H,3,24-26,28H2,1-2H3,(H,44,45). The molecule has 3 atom stereocenters. The van der Waals surface area contributed by atoms with E-state index in [4.69, 9.17) is 14.2 Å². The Kier molecular flexibility index (Phi) is 10.8. The Bertz CT molecular complexity index is 1830. The molecule has 5 heteroatoms. The summed E-state index contributed by atoms with van der Waals surface area (Å²) in [6, 6.07) is 42.1. The van der Waals surface area contributed by atoms with E-state index in [1.165, 1.54) is 22.3 Å². The summed E-state index contributed by atoms with van der Waals surface area (Å²) in [7, 11) is 0. The molecule has 3 unspecified atom stereocenters. The monoisotopic (exact) mass is 638 g/mol. The number of carboxylic acid groups (broad SMARTS) is 1. The second kappa shape index (κ2) is 15.7. The van der Waals surface area contributed by atoms with Gasteiger partial charge in [-0.05, 0) is 75.5 Å². The van der Waals surface area contributed by atoms with Crippen LogP contribution in [0.3, 0.4) is 0 Å². The molecule has 244 valence electrons. The van der Waals surface area contributed by atoms with Crippen molar-refractivity contribution in [3.63, 3.8) is 0 Å². The van der Waals surface area contributed by atoms with E-state index in [1.54, 1.807) is 6.92 Å². The number of aliphatic carboxylic acids is 1. The Labute approximate surface area is 283 Å². The van der Waals surface area contributed by atoms with Gasteiger partial charge in [0, 0.05) is 18.9 Å². The number of hydrogen-bond donors (Lipinski definition) is 1. The Morgan fingerprint density at radius 3 is 2.15 bits per heavy atom. The van der Waals surface area contributed by atoms with E-state index in [9.17, 15) is 9.90 Å². The van der Waals surface area contributed by atoms with Crippen molar-refractivity contribution in [1.82, 2.24) is 0 Å². The van der Waals surface area contributed by atoms with Gasteiger partial charge < -0.3 is 19.3 Å². The number of carboxylic acids is 1. The highest BCUT2D eigenvalue weighted by molar-refractivity contribution is 5.77. The molecule has 6 rings (SSSR count). The zero-order valence-corrected chi connectivity index (χ0v) is 27.5. The third kappa shape index (κ3) is 8.11. The molecule has 5 nitrogen and oxygen atoms in total. The highest BCUT2D eigenvalue weighted by atomic mass is 16.5. The predicted molar refractivity (Wildman–Crippen MR) is 192 cm³/mol. The van der Waals surface area contributed by atoms with Crippen molar-refractivity contribution < 1.29 is 24.1 Å². The molecular formula is C43H42O5. The predicted octanol–water partition coefficient (Wildman–Crippen LogP) is 9.13. The van der Waals surface area contributed by atoms with E-state index >= 15 is 0 Å². The number of ether oxygens (including phenoxy) is 3. The largest absolute Gasteiger partial charge is 0.491 e. The zero-order valence-electron chi connectivity index (χ0n) is 27.5. The Hall–Kier alpha value is -4.97. The summed E-state index contributed by atoms with van der Waals surface area (Å²) in [5.41, 5.74) is 10.5. The smallest absolute Gasteiger partial charge is 0.333 e. The molecule has 5 aromatic rings. The third-order valence-electron chi connectivity index (χ3n) is 8.94. The fourth-order valence-corrected chi connectivity index (χ4v) is 6.33. The van der Waals surface area contributed by atoms with Crippen molar-refractivity contribution in [2.45, 2.75) is 44.8 Å². The van der Waals surface area contributed by atoms with Crippen LogP contribution in [0.2, 0.25) is 0 Å². The van der Waals surface area contributed by atoms with Gasteiger partial charge in [-0.1, -0.05) is 128 Å². The van der Waals surface area contributed by atoms with E-state index < -0.39 is 12.1 Å². The van der Waals surface area contributed by atoms with Crippen LogP contribution in [0.5, 0.6) is 5.75 Å². The summed E-state index contributed by atoms with van der Waals surface area (Å²) in [6.45, 7) is 5.16. The highest BCUT2D eigenvalue weighted by Gasteiger charge is 2.24. The second-order valence-corrected chi connectivity index (χ2v) is 12.2. The van der Waals surface area contributed by atoms with E-state index in [0.717, 1.165) is 34.2 Å². The van der Waals surface area contributed by atoms with Gasteiger partial charge in [-0.3, -0.25) is 0 Å². The summed E-state index contributed by atoms with van der Waals surface area (Å²) in [6.07, 6.45) is 4.47. The van der Waals surface area contributed by atoms with Crippen LogP contribution in [0.25, 0.3) is 12.2 Å². The highest BCUT2D eigenvalue weighted by Crippen LogP contribution is 2.38. The fraction of sp³-hybridized carbons (Fsp3) is 0.233. The molecule has 0 heterocycles. The number of rotatable bonds is 14. The molecule has 0 saturated heterocycles. The number of fused-ring (bicyclic) bond motifs is 2. The topological polar surface area (TPSA) is 65.0 Å². The minimum absolute atomic E-state index is 0.239. The first-order valence-electron chi connectivity index (χ1n) is 16.7. The summed E-state index contributed by atoms with van der Waals surface area (Å²) in [4.78, 5) is 11.5. The Morgan fingerprint density at radius 2 is 1.42 bits per heavy atom. The molecule has 0 bridgehead atoms. The molecule has 0 spiro atoms. The van der Waals surface area contributed by atoms with Gasteiger partial charge in [0.25, 0.3) is 0 Å². The molecule has 0 saturated carbocycles. The summed E-state index contributed by atoms with van der Waals surface area (Å²) in [5, 5.41) is 9.41. The van der Waals surface area contributed by atoms with Gasteiger partial charge in [0.1, 0.15) is 18.5 Å². The maximum Gasteiger partial charge on any atom is 0.333 e. The molecule has 48 heavy (non-hydrogen) atoms. The van der Waals surface area contributed by atoms with Crippen molar-refractivity contribution in [3.8, 4) is 5.75 Å². The van der Waals surface area contributed by atoms with Crippen molar-refractivity contribution in [1.29, 1.82) is 0 Å². The lowest BCUT2D eigenvalue weighted by molar-refractivity contribution is -0.149. The molecule has 1 aliphatic rings. The molecular weight excluding hydrogens is 596 g/mol. The average molecular weight is 639 g/mol. The Morgan fingerprint density at radius 1 is 0.708 bits per heavy atom. The molecule has 0 aromatic heterocycles. The van der Waals surface area contributed by atoms with Crippen molar-refractivity contribution in [2.24, 2.45) is 0 Å². The van der Waals surface area contributed by atoms with Gasteiger partial charge in [-0.25, -0.2) is 4.79 Å². The first-order chi connectivity index (χ1) is 23.5. The van der Waals surface area contributed by atoms with Gasteiger partial charge >= 0.3 is 5.97 Å². The van der Waals surface area contributed by atoms with E-state index in [0.29, 0.717) is 32.0 Å². The van der Waals surface area contributed by atoms with Crippen LogP contribution >= 0.6 is 0 Å². The average Bonchev–Trinajstić information content (AvgIpc) is 3.27. The van der Waals surface area contributed by atoms with Crippen molar-refractivity contribution in [3.05, 3.63) is 171 Å². The lowest BCUT2D eigenvalue weighted by atomic mass is 9.88. The van der Waals surface area contributed by atoms with Gasteiger partial charge in [0.05, 0.1) is 6.61 Å². The first kappa shape index (κ1) is 33.0. The molecule has 0 amide bonds. The van der Waals surface area contributed by atoms with Gasteiger partial charge in [0.2, 0.25) is 0 Å². The van der Waals surface area contributed by atoms with E-state index in [2.05, 4.69) is 116 Å². The van der Waals surface area contributed by atoms with Gasteiger partial charge in [-0.2, -0.15) is 0 Å². The van der Waals surface area contributed by atoms with Crippen LogP contribution in [0.15, 0.2) is 121 Å². The molecule has 1 N–H and O–H groups in total. The fourth-order valence-electron chi connectivity index (χ4n) is 6.33. The van der Waals surface area contributed by atoms with Crippen LogP contribution in [-0.2, 0) is 27.1 Å². The van der Waals surface area contributed by atoms with Crippen LogP contribution in [0.4, 0.5) is 0 Å². The van der Waals surface area contributed by atoms with Crippen LogP contribution in [0, 0.1) is 0 Å². The van der Waals surface area contributed by atoms with Crippen LogP contribution in [-0.4, -0.2) is 37.0 Å². The van der Waals surface area contributed by atoms with Crippen molar-refractivity contribution in [2.75, 3.05) is 19.8 Å². The molecule has 1 aliphatic carbocycles. The van der Waals surface area contributed by atoms with Gasteiger partial charge in [-0.15, -0.1) is 0 Å². The van der Waals surface area contributed by atoms with E-state index in [-0.39, 0.29) is 12.0 Å². The minimum Gasteiger partial charge on any atom is -0.491 e. The quantitative estimate of drug-likeness (QED) is 0.123. The zero-order chi connectivity index (χ0) is 33.3. The van der Waals surface area contributed by atoms with E-state index in [1.807, 2.05) is 24.3 Å². The maximum absolute atomic E-state index is 11.5. The Balaban J connectivity index is 1.21. The summed E-state index contributed by atoms with van der Waals surface area (Å²) in [5.74, 6) is -0.0125. The molecule has 0 fully saturated rings. The normalized spacial score (nSPS) is 14.8. The first-order valence-corrected chi connectivity index (χ1v) is 16.7. The molecule has 5 aromatic carbocycles. The SMILES string of the molecule is CCOC(Cc1ccc(OCCOC2c3ccc(Cc4ccccc4)cc3C=Cc3ccc(C(C)c4ccccc4)cc32)cc1)C(=O)O. The molecule has 0 aliphatic heterocycles. The minimum atomic E-state index is -0.958.